The van der Waals surface area contributed by atoms with Gasteiger partial charge in [0.15, 0.2) is 0 Å². The van der Waals surface area contributed by atoms with Crippen LogP contribution >= 0.6 is 0 Å². The molecule has 2 aromatic carbocycles. The zero-order valence-corrected chi connectivity index (χ0v) is 24.2. The molecule has 4 heterocycles. The number of hydrogen-bond donors (Lipinski definition) is 5. The predicted octanol–water partition coefficient (Wildman–Crippen LogP) is 5.65. The van der Waals surface area contributed by atoms with Crippen molar-refractivity contribution in [2.75, 3.05) is 13.1 Å². The second-order valence-corrected chi connectivity index (χ2v) is 11.6. The Balaban J connectivity index is 1.16. The average Bonchev–Trinajstić information content (AvgIpc) is 3.81. The Labute approximate surface area is 249 Å². The van der Waals surface area contributed by atoms with Crippen molar-refractivity contribution in [2.24, 2.45) is 5.92 Å². The van der Waals surface area contributed by atoms with Crippen molar-refractivity contribution in [3.05, 3.63) is 72.3 Å². The van der Waals surface area contributed by atoms with Crippen molar-refractivity contribution in [1.29, 1.82) is 0 Å². The maximum atomic E-state index is 15.2. The number of amides is 2. The zero-order valence-electron chi connectivity index (χ0n) is 24.2. The fraction of sp³-hybridized carbons (Fsp3) is 0.375. The molecule has 2 fully saturated rings. The molecule has 43 heavy (non-hydrogen) atoms. The van der Waals surface area contributed by atoms with Crippen molar-refractivity contribution >= 4 is 12.0 Å². The number of carboxylic acid groups (broad SMARTS) is 1. The van der Waals surface area contributed by atoms with Gasteiger partial charge in [-0.05, 0) is 67.0 Å². The molecule has 3 atom stereocenters. The van der Waals surface area contributed by atoms with Gasteiger partial charge >= 0.3 is 6.09 Å². The number of nitrogens with zero attached hydrogens (tertiary/aromatic N) is 3. The zero-order chi connectivity index (χ0) is 30.1. The quantitative estimate of drug-likeness (QED) is 0.181. The third-order valence-electron chi connectivity index (χ3n) is 8.43. The number of carbonyl (C=O) groups excluding carboxylic acids is 1. The molecule has 0 radical (unpaired) electrons. The Kier molecular flexibility index (Phi) is 7.98. The van der Waals surface area contributed by atoms with Crippen LogP contribution in [0.2, 0.25) is 0 Å². The molecule has 6 rings (SSSR count). The first-order valence-electron chi connectivity index (χ1n) is 14.8. The lowest BCUT2D eigenvalue weighted by atomic mass is 10.0. The third-order valence-corrected chi connectivity index (χ3v) is 8.43. The van der Waals surface area contributed by atoms with Crippen LogP contribution in [0.5, 0.6) is 0 Å². The molecule has 10 nitrogen and oxygen atoms in total. The molecule has 0 spiro atoms. The Hall–Kier alpha value is -4.51. The van der Waals surface area contributed by atoms with E-state index in [9.17, 15) is 14.7 Å². The highest BCUT2D eigenvalue weighted by Gasteiger charge is 2.37. The molecule has 11 heteroatoms. The van der Waals surface area contributed by atoms with Gasteiger partial charge in [-0.2, -0.15) is 0 Å². The van der Waals surface area contributed by atoms with Crippen LogP contribution < -0.4 is 10.6 Å². The maximum Gasteiger partial charge on any atom is 0.405 e. The minimum Gasteiger partial charge on any atom is -0.465 e. The minimum atomic E-state index is -1.21. The molecule has 2 amide bonds. The molecule has 0 unspecified atom stereocenters. The highest BCUT2D eigenvalue weighted by molar-refractivity contribution is 5.86. The van der Waals surface area contributed by atoms with E-state index in [0.29, 0.717) is 23.6 Å². The van der Waals surface area contributed by atoms with E-state index in [-0.39, 0.29) is 29.7 Å². The van der Waals surface area contributed by atoms with E-state index in [4.69, 9.17) is 0 Å². The van der Waals surface area contributed by atoms with E-state index in [2.05, 4.69) is 30.6 Å². The van der Waals surface area contributed by atoms with E-state index in [1.54, 1.807) is 29.4 Å². The number of imidazole rings is 2. The summed E-state index contributed by atoms with van der Waals surface area (Å²) in [6.07, 6.45) is 5.91. The second kappa shape index (κ2) is 12.0. The number of aromatic amines is 2. The van der Waals surface area contributed by atoms with Crippen molar-refractivity contribution in [3.8, 4) is 33.6 Å². The summed E-state index contributed by atoms with van der Waals surface area (Å²) in [7, 11) is 0. The molecular weight excluding hydrogens is 549 g/mol. The average molecular weight is 586 g/mol. The van der Waals surface area contributed by atoms with Gasteiger partial charge in [-0.3, -0.25) is 4.79 Å². The first-order chi connectivity index (χ1) is 20.8. The lowest BCUT2D eigenvalue weighted by molar-refractivity contribution is -0.135. The molecule has 2 aromatic heterocycles. The number of H-pyrrole nitrogens is 2. The Morgan fingerprint density at radius 2 is 1.65 bits per heavy atom. The number of carbonyl (C=O) groups is 2. The van der Waals surface area contributed by atoms with Crippen LogP contribution in [-0.4, -0.2) is 61.1 Å². The standard InChI is InChI=1S/C32H36FN7O3/c1-18(2)28(39-32(42)43)31(41)40-14-4-6-27(40)30-36-16-25(37-30)20-9-7-19(8-10-20)21-11-12-22(23(33)15-21)26-17-35-29(38-26)24-5-3-13-34-24/h7-12,15-18,24,27-28,34,39H,3-6,13-14H2,1-2H3,(H,35,38)(H,36,37)(H,42,43)/t24-,27-,28-/m0/s1. The number of halogens is 1. The van der Waals surface area contributed by atoms with Gasteiger partial charge in [0.25, 0.3) is 0 Å². The molecule has 5 N–H and O–H groups in total. The second-order valence-electron chi connectivity index (χ2n) is 11.6. The van der Waals surface area contributed by atoms with E-state index in [1.165, 1.54) is 0 Å². The first kappa shape index (κ1) is 28.6. The molecule has 0 saturated carbocycles. The molecule has 0 aliphatic carbocycles. The van der Waals surface area contributed by atoms with Crippen LogP contribution in [0.3, 0.4) is 0 Å². The molecule has 2 saturated heterocycles. The van der Waals surface area contributed by atoms with Crippen LogP contribution in [0.4, 0.5) is 9.18 Å². The number of hydrogen-bond acceptors (Lipinski definition) is 5. The summed E-state index contributed by atoms with van der Waals surface area (Å²) >= 11 is 0. The fourth-order valence-electron chi connectivity index (χ4n) is 6.12. The summed E-state index contributed by atoms with van der Waals surface area (Å²) in [5.41, 5.74) is 4.52. The lowest BCUT2D eigenvalue weighted by Gasteiger charge is -2.29. The van der Waals surface area contributed by atoms with Gasteiger partial charge in [0, 0.05) is 12.1 Å². The summed E-state index contributed by atoms with van der Waals surface area (Å²) in [6, 6.07) is 12.2. The Morgan fingerprint density at radius 3 is 2.35 bits per heavy atom. The van der Waals surface area contributed by atoms with Gasteiger partial charge in [-0.1, -0.05) is 44.2 Å². The van der Waals surface area contributed by atoms with E-state index < -0.39 is 12.1 Å². The number of likely N-dealkylation sites (tertiary alicyclic amines) is 1. The molecule has 2 aliphatic rings. The Bertz CT molecular complexity index is 1610. The monoisotopic (exact) mass is 585 g/mol. The highest BCUT2D eigenvalue weighted by atomic mass is 19.1. The maximum absolute atomic E-state index is 15.2. The fourth-order valence-corrected chi connectivity index (χ4v) is 6.12. The number of nitrogens with one attached hydrogen (secondary N) is 4. The van der Waals surface area contributed by atoms with E-state index >= 15 is 4.39 Å². The van der Waals surface area contributed by atoms with Gasteiger partial charge in [-0.15, -0.1) is 0 Å². The van der Waals surface area contributed by atoms with Crippen LogP contribution in [0.1, 0.15) is 63.3 Å². The molecular formula is C32H36FN7O3. The van der Waals surface area contributed by atoms with E-state index in [1.807, 2.05) is 44.2 Å². The molecule has 224 valence electrons. The molecule has 4 aromatic rings. The van der Waals surface area contributed by atoms with Gasteiger partial charge in [0.1, 0.15) is 23.5 Å². The van der Waals surface area contributed by atoms with Crippen molar-refractivity contribution < 1.29 is 19.1 Å². The van der Waals surface area contributed by atoms with Gasteiger partial charge < -0.3 is 30.6 Å². The summed E-state index contributed by atoms with van der Waals surface area (Å²) in [5.74, 6) is 0.780. The SMILES string of the molecule is CC(C)[C@H](NC(=O)O)C(=O)N1CCC[C@H]1c1ncc(-c2ccc(-c3ccc(-c4cnc([C@@H]5CCCN5)[nH]4)c(F)c3)cc2)[nH]1. The molecule has 0 bridgehead atoms. The lowest BCUT2D eigenvalue weighted by Crippen LogP contribution is -2.50. The van der Waals surface area contributed by atoms with Gasteiger partial charge in [0.05, 0.1) is 35.9 Å². The predicted molar refractivity (Wildman–Crippen MR) is 160 cm³/mol. The summed E-state index contributed by atoms with van der Waals surface area (Å²) in [6.45, 7) is 5.17. The smallest absolute Gasteiger partial charge is 0.405 e. The normalized spacial score (nSPS) is 19.2. The Morgan fingerprint density at radius 1 is 0.953 bits per heavy atom. The number of aromatic nitrogens is 4. The van der Waals surface area contributed by atoms with Crippen molar-refractivity contribution in [2.45, 2.75) is 57.7 Å². The van der Waals surface area contributed by atoms with Crippen molar-refractivity contribution in [1.82, 2.24) is 35.5 Å². The largest absolute Gasteiger partial charge is 0.465 e. The van der Waals surface area contributed by atoms with Crippen LogP contribution in [0, 0.1) is 11.7 Å². The third kappa shape index (κ3) is 5.90. The van der Waals surface area contributed by atoms with Crippen molar-refractivity contribution in [3.63, 3.8) is 0 Å². The highest BCUT2D eigenvalue weighted by Crippen LogP contribution is 2.34. The van der Waals surface area contributed by atoms with Crippen LogP contribution in [0.25, 0.3) is 33.6 Å². The van der Waals surface area contributed by atoms with Crippen LogP contribution in [0.15, 0.2) is 54.9 Å². The minimum absolute atomic E-state index is 0.183. The van der Waals surface area contributed by atoms with E-state index in [0.717, 1.165) is 60.4 Å². The summed E-state index contributed by atoms with van der Waals surface area (Å²) in [4.78, 5) is 41.9. The van der Waals surface area contributed by atoms with Crippen LogP contribution in [-0.2, 0) is 4.79 Å². The number of benzene rings is 2. The van der Waals surface area contributed by atoms with Gasteiger partial charge in [0.2, 0.25) is 5.91 Å². The molecule has 2 aliphatic heterocycles. The summed E-state index contributed by atoms with van der Waals surface area (Å²) in [5, 5.41) is 15.0. The topological polar surface area (TPSA) is 139 Å². The summed E-state index contributed by atoms with van der Waals surface area (Å²) < 4.78 is 15.2. The van der Waals surface area contributed by atoms with Gasteiger partial charge in [-0.25, -0.2) is 19.2 Å². The number of rotatable bonds is 8. The first-order valence-corrected chi connectivity index (χ1v) is 14.8.